The van der Waals surface area contributed by atoms with Crippen LogP contribution in [0.25, 0.3) is 0 Å². The number of hydrogen-bond acceptors (Lipinski definition) is 1. The van der Waals surface area contributed by atoms with Gasteiger partial charge >= 0.3 is 14.5 Å². The van der Waals surface area contributed by atoms with E-state index >= 15 is 0 Å². The molecular formula is C38H35B2F9OP2. The van der Waals surface area contributed by atoms with Crippen molar-refractivity contribution in [2.45, 2.75) is 0 Å². The van der Waals surface area contributed by atoms with Gasteiger partial charge in [0.2, 0.25) is 6.42 Å². The second-order valence-electron chi connectivity index (χ2n) is 10.9. The summed E-state index contributed by atoms with van der Waals surface area (Å²) in [5.41, 5.74) is 0. The van der Waals surface area contributed by atoms with E-state index < -0.39 is 29.0 Å². The van der Waals surface area contributed by atoms with E-state index in [0.717, 1.165) is 15.9 Å². The van der Waals surface area contributed by atoms with Crippen LogP contribution in [0.3, 0.4) is 0 Å². The first kappa shape index (κ1) is 42.1. The molecule has 0 bridgehead atoms. The predicted octanol–water partition coefficient (Wildman–Crippen LogP) is 9.44. The fourth-order valence-electron chi connectivity index (χ4n) is 5.44. The Kier molecular flexibility index (Phi) is 16.2. The van der Waals surface area contributed by atoms with E-state index in [2.05, 4.69) is 36.4 Å². The van der Waals surface area contributed by atoms with Crippen molar-refractivity contribution in [1.29, 1.82) is 0 Å². The zero-order valence-corrected chi connectivity index (χ0v) is 29.4. The SMILES string of the molecule is FC[P+](c1ccccc1)(c1ccccc1)c1ccccc1.F[B-](F)(F)F.F[B-](F)(F)F.OC[P+](c1ccccc1)(c1ccccc1)c1ccccc1. The fraction of sp³-hybridized carbons (Fsp3) is 0.0526. The van der Waals surface area contributed by atoms with E-state index in [1.54, 1.807) is 0 Å². The second-order valence-corrected chi connectivity index (χ2v) is 17.7. The number of benzene rings is 6. The average molecular weight is 762 g/mol. The molecule has 0 aliphatic heterocycles. The van der Waals surface area contributed by atoms with Gasteiger partial charge in [0.25, 0.3) is 0 Å². The molecule has 0 aromatic heterocycles. The van der Waals surface area contributed by atoms with Crippen molar-refractivity contribution in [3.05, 3.63) is 182 Å². The molecule has 1 nitrogen and oxygen atoms in total. The summed E-state index contributed by atoms with van der Waals surface area (Å²) in [6.45, 7) is 0. The van der Waals surface area contributed by atoms with E-state index in [4.69, 9.17) is 0 Å². The van der Waals surface area contributed by atoms with Crippen LogP contribution in [-0.2, 0) is 0 Å². The standard InChI is InChI=1S/C19H17FP.C19H18OP.2BF4/c2*20-16-21(17-10-4-1-5-11-17,18-12-6-2-7-13-18)19-14-8-3-9-15-19;2*2-1(3,4)5/h1-15H,16H2;1-15,20H,16H2;;/q2*+1;2*-1. The predicted molar refractivity (Wildman–Crippen MR) is 204 cm³/mol. The van der Waals surface area contributed by atoms with Crippen molar-refractivity contribution in [3.63, 3.8) is 0 Å². The first-order chi connectivity index (χ1) is 24.8. The number of alkyl halides is 1. The first-order valence-corrected chi connectivity index (χ1v) is 19.7. The molecular weight excluding hydrogens is 727 g/mol. The lowest BCUT2D eigenvalue weighted by Gasteiger charge is -2.25. The van der Waals surface area contributed by atoms with E-state index in [0.29, 0.717) is 0 Å². The second kappa shape index (κ2) is 20.0. The average Bonchev–Trinajstić information content (AvgIpc) is 3.15. The summed E-state index contributed by atoms with van der Waals surface area (Å²) >= 11 is 0. The maximum atomic E-state index is 14.4. The van der Waals surface area contributed by atoms with Gasteiger partial charge in [-0.2, -0.15) is 0 Å². The van der Waals surface area contributed by atoms with Crippen molar-refractivity contribution < 1.29 is 44.0 Å². The molecule has 0 fully saturated rings. The van der Waals surface area contributed by atoms with E-state index in [-0.39, 0.29) is 12.8 Å². The van der Waals surface area contributed by atoms with Gasteiger partial charge in [0.1, 0.15) is 46.4 Å². The molecule has 14 heteroatoms. The quantitative estimate of drug-likeness (QED) is 0.0932. The van der Waals surface area contributed by atoms with Crippen LogP contribution in [0.2, 0.25) is 0 Å². The van der Waals surface area contributed by atoms with Crippen molar-refractivity contribution >= 4 is 60.9 Å². The molecule has 0 amide bonds. The molecule has 0 saturated carbocycles. The third kappa shape index (κ3) is 12.4. The Bertz CT molecular complexity index is 1500. The normalized spacial score (nSPS) is 11.4. The van der Waals surface area contributed by atoms with Crippen molar-refractivity contribution in [3.8, 4) is 0 Å². The van der Waals surface area contributed by atoms with Crippen LogP contribution in [-0.4, -0.2) is 32.4 Å². The number of rotatable bonds is 8. The highest BCUT2D eigenvalue weighted by molar-refractivity contribution is 7.96. The summed E-state index contributed by atoms with van der Waals surface area (Å²) in [5, 5.41) is 17.3. The molecule has 0 spiro atoms. The fourth-order valence-corrected chi connectivity index (χ4v) is 12.2. The summed E-state index contributed by atoms with van der Waals surface area (Å²) in [4.78, 5) is 0. The van der Waals surface area contributed by atoms with E-state index in [9.17, 15) is 44.0 Å². The van der Waals surface area contributed by atoms with Crippen molar-refractivity contribution in [2.75, 3.05) is 12.8 Å². The Morgan fingerprint density at radius 2 is 0.481 bits per heavy atom. The first-order valence-electron chi connectivity index (χ1n) is 15.8. The molecule has 0 unspecified atom stereocenters. The molecule has 1 N–H and O–H groups in total. The minimum absolute atomic E-state index is 0.144. The molecule has 52 heavy (non-hydrogen) atoms. The topological polar surface area (TPSA) is 20.2 Å². The monoisotopic (exact) mass is 762 g/mol. The molecule has 6 rings (SSSR count). The molecule has 272 valence electrons. The van der Waals surface area contributed by atoms with Gasteiger partial charge in [-0.05, 0) is 72.8 Å². The van der Waals surface area contributed by atoms with Gasteiger partial charge in [0.05, 0.1) is 0 Å². The molecule has 0 atom stereocenters. The Hall–Kier alpha value is -4.36. The highest BCUT2D eigenvalue weighted by atomic mass is 31.2. The van der Waals surface area contributed by atoms with Crippen LogP contribution in [0, 0.1) is 0 Å². The number of aliphatic hydroxyl groups excluding tert-OH is 1. The van der Waals surface area contributed by atoms with Crippen LogP contribution in [0.4, 0.5) is 38.9 Å². The zero-order chi connectivity index (χ0) is 38.1. The van der Waals surface area contributed by atoms with Crippen molar-refractivity contribution in [2.24, 2.45) is 0 Å². The Morgan fingerprint density at radius 1 is 0.327 bits per heavy atom. The molecule has 0 heterocycles. The summed E-state index contributed by atoms with van der Waals surface area (Å²) in [6.07, 6.45) is -0.212. The van der Waals surface area contributed by atoms with Gasteiger partial charge in [-0.3, -0.25) is 0 Å². The lowest BCUT2D eigenvalue weighted by molar-refractivity contribution is 0.366. The molecule has 6 aromatic carbocycles. The summed E-state index contributed by atoms with van der Waals surface area (Å²) < 4.78 is 92.4. The highest BCUT2D eigenvalue weighted by Gasteiger charge is 2.46. The van der Waals surface area contributed by atoms with Gasteiger partial charge in [-0.25, -0.2) is 4.39 Å². The summed E-state index contributed by atoms with van der Waals surface area (Å²) in [7, 11) is -16.2. The van der Waals surface area contributed by atoms with Crippen LogP contribution < -0.4 is 31.8 Å². The smallest absolute Gasteiger partial charge is 0.418 e. The largest absolute Gasteiger partial charge is 0.673 e. The highest BCUT2D eigenvalue weighted by Crippen LogP contribution is 2.55. The maximum Gasteiger partial charge on any atom is 0.673 e. The summed E-state index contributed by atoms with van der Waals surface area (Å²) in [6, 6.07) is 61.3. The van der Waals surface area contributed by atoms with Crippen LogP contribution >= 0.6 is 14.5 Å². The number of halogens is 9. The van der Waals surface area contributed by atoms with E-state index in [1.165, 1.54) is 15.9 Å². The lowest BCUT2D eigenvalue weighted by atomic mass is 10.3. The van der Waals surface area contributed by atoms with Crippen LogP contribution in [0.1, 0.15) is 0 Å². The number of hydrogen-bond donors (Lipinski definition) is 1. The maximum absolute atomic E-state index is 14.4. The molecule has 0 aliphatic carbocycles. The molecule has 0 aliphatic rings. The van der Waals surface area contributed by atoms with Gasteiger partial charge in [-0.1, -0.05) is 109 Å². The molecule has 6 aromatic rings. The Labute approximate surface area is 299 Å². The minimum Gasteiger partial charge on any atom is -0.418 e. The Morgan fingerprint density at radius 3 is 0.615 bits per heavy atom. The minimum atomic E-state index is -6.00. The van der Waals surface area contributed by atoms with Gasteiger partial charge in [0, 0.05) is 0 Å². The van der Waals surface area contributed by atoms with Crippen LogP contribution in [0.5, 0.6) is 0 Å². The van der Waals surface area contributed by atoms with Gasteiger partial charge in [-0.15, -0.1) is 0 Å². The number of aliphatic hydroxyl groups is 1. The van der Waals surface area contributed by atoms with Gasteiger partial charge < -0.3 is 39.6 Å². The Balaban J connectivity index is 0.000000223. The molecule has 0 saturated heterocycles. The van der Waals surface area contributed by atoms with E-state index in [1.807, 2.05) is 146 Å². The summed E-state index contributed by atoms with van der Waals surface area (Å²) in [5.74, 6) is 0. The van der Waals surface area contributed by atoms with Crippen molar-refractivity contribution in [1.82, 2.24) is 0 Å². The zero-order valence-electron chi connectivity index (χ0n) is 27.6. The lowest BCUT2D eigenvalue weighted by Crippen LogP contribution is -2.33. The third-order valence-corrected chi connectivity index (χ3v) is 15.4. The van der Waals surface area contributed by atoms with Gasteiger partial charge in [0.15, 0.2) is 6.35 Å². The molecule has 0 radical (unpaired) electrons. The van der Waals surface area contributed by atoms with Crippen LogP contribution in [0.15, 0.2) is 182 Å². The third-order valence-electron chi connectivity index (χ3n) is 7.57.